The molecule has 0 atom stereocenters. The highest BCUT2D eigenvalue weighted by atomic mass is 16.5. The largest absolute Gasteiger partial charge is 0.379 e. The van der Waals surface area contributed by atoms with Crippen molar-refractivity contribution >= 4 is 22.8 Å². The van der Waals surface area contributed by atoms with E-state index in [-0.39, 0.29) is 0 Å². The molecule has 3 aromatic rings. The molecule has 0 spiro atoms. The van der Waals surface area contributed by atoms with E-state index in [2.05, 4.69) is 30.8 Å². The first-order valence-electron chi connectivity index (χ1n) is 13.3. The van der Waals surface area contributed by atoms with Crippen molar-refractivity contribution in [2.24, 2.45) is 7.05 Å². The van der Waals surface area contributed by atoms with Crippen molar-refractivity contribution in [1.82, 2.24) is 34.8 Å². The molecule has 10 heteroatoms. The van der Waals surface area contributed by atoms with Gasteiger partial charge >= 0.3 is 0 Å². The summed E-state index contributed by atoms with van der Waals surface area (Å²) in [7, 11) is 1.93. The number of anilines is 2. The minimum absolute atomic E-state index is 0.393. The lowest BCUT2D eigenvalue weighted by molar-refractivity contribution is 0.00790. The molecular weight excluding hydrogens is 442 g/mol. The van der Waals surface area contributed by atoms with Gasteiger partial charge in [-0.3, -0.25) is 14.7 Å². The average Bonchev–Trinajstić information content (AvgIpc) is 3.52. The van der Waals surface area contributed by atoms with Gasteiger partial charge in [-0.25, -0.2) is 0 Å². The highest BCUT2D eigenvalue weighted by molar-refractivity contribution is 5.99. The van der Waals surface area contributed by atoms with Crippen LogP contribution < -0.4 is 10.6 Å². The third kappa shape index (κ3) is 4.99. The number of H-pyrrole nitrogens is 1. The Morgan fingerprint density at radius 3 is 2.46 bits per heavy atom. The number of rotatable bonds is 6. The maximum Gasteiger partial charge on any atom is 0.227 e. The highest BCUT2D eigenvalue weighted by Crippen LogP contribution is 2.33. The number of hydrogen-bond acceptors (Lipinski definition) is 8. The van der Waals surface area contributed by atoms with Crippen LogP contribution in [0.25, 0.3) is 22.3 Å². The molecule has 0 aromatic carbocycles. The monoisotopic (exact) mass is 479 g/mol. The average molecular weight is 480 g/mol. The summed E-state index contributed by atoms with van der Waals surface area (Å²) in [5.74, 6) is 1.55. The number of aryl methyl sites for hydroxylation is 1. The summed E-state index contributed by atoms with van der Waals surface area (Å²) in [4.78, 5) is 12.5. The first-order chi connectivity index (χ1) is 17.2. The second-order valence-electron chi connectivity index (χ2n) is 10.4. The Bertz CT molecular complexity index is 1120. The molecule has 3 fully saturated rings. The fraction of sp³-hybridized carbons (Fsp3) is 0.680. The first-order valence-corrected chi connectivity index (χ1v) is 13.3. The summed E-state index contributed by atoms with van der Waals surface area (Å²) in [5, 5.41) is 20.5. The maximum absolute atomic E-state index is 5.53. The Morgan fingerprint density at radius 2 is 1.71 bits per heavy atom. The van der Waals surface area contributed by atoms with Gasteiger partial charge in [0.1, 0.15) is 5.82 Å². The summed E-state index contributed by atoms with van der Waals surface area (Å²) in [6, 6.07) is 1.51. The predicted molar refractivity (Wildman–Crippen MR) is 136 cm³/mol. The Morgan fingerprint density at radius 1 is 0.943 bits per heavy atom. The molecule has 6 rings (SSSR count). The fourth-order valence-electron chi connectivity index (χ4n) is 6.00. The number of nitrogens with one attached hydrogen (secondary N) is 3. The molecule has 188 valence electrons. The number of aromatic amines is 1. The van der Waals surface area contributed by atoms with Gasteiger partial charge in [0, 0.05) is 50.0 Å². The van der Waals surface area contributed by atoms with Crippen molar-refractivity contribution in [3.8, 4) is 11.3 Å². The Kier molecular flexibility index (Phi) is 6.56. The van der Waals surface area contributed by atoms with E-state index in [1.165, 1.54) is 44.9 Å². The van der Waals surface area contributed by atoms with E-state index in [9.17, 15) is 0 Å². The highest BCUT2D eigenvalue weighted by Gasteiger charge is 2.28. The van der Waals surface area contributed by atoms with Crippen LogP contribution in [-0.2, 0) is 11.8 Å². The lowest BCUT2D eigenvalue weighted by Crippen LogP contribution is -2.46. The molecule has 0 bridgehead atoms. The molecule has 2 aliphatic carbocycles. The first kappa shape index (κ1) is 22.7. The quantitative estimate of drug-likeness (QED) is 0.493. The SMILES string of the molecule is Cn1cc(-c2[nH]nc3nc(NC4CCC(N5CCOCC5)CC4)nc(NC4CCCCC4)c23)cn1. The van der Waals surface area contributed by atoms with Gasteiger partial charge in [-0.1, -0.05) is 19.3 Å². The second kappa shape index (κ2) is 10.1. The summed E-state index contributed by atoms with van der Waals surface area (Å²) in [6.07, 6.45) is 14.8. The van der Waals surface area contributed by atoms with E-state index in [4.69, 9.17) is 14.7 Å². The standard InChI is InChI=1S/C25H37N9O/c1-33-16-17(15-26-33)22-21-23(27-18-5-3-2-4-6-18)29-25(30-24(21)32-31-22)28-19-7-9-20(10-8-19)34-11-13-35-14-12-34/h15-16,18-20H,2-14H2,1H3,(H3,27,28,29,30,31,32). The van der Waals surface area contributed by atoms with Gasteiger partial charge in [-0.05, 0) is 38.5 Å². The zero-order valence-electron chi connectivity index (χ0n) is 20.7. The number of ether oxygens (including phenoxy) is 1. The van der Waals surface area contributed by atoms with Gasteiger partial charge in [-0.15, -0.1) is 0 Å². The number of hydrogen-bond donors (Lipinski definition) is 3. The fourth-order valence-corrected chi connectivity index (χ4v) is 6.00. The third-order valence-electron chi connectivity index (χ3n) is 7.95. The maximum atomic E-state index is 5.53. The molecule has 0 radical (unpaired) electrons. The van der Waals surface area contributed by atoms with Crippen molar-refractivity contribution in [1.29, 1.82) is 0 Å². The van der Waals surface area contributed by atoms with Crippen LogP contribution in [0.15, 0.2) is 12.4 Å². The van der Waals surface area contributed by atoms with E-state index < -0.39 is 0 Å². The molecule has 3 N–H and O–H groups in total. The summed E-state index contributed by atoms with van der Waals surface area (Å²) >= 11 is 0. The van der Waals surface area contributed by atoms with Crippen LogP contribution in [0.5, 0.6) is 0 Å². The summed E-state index contributed by atoms with van der Waals surface area (Å²) in [5.41, 5.74) is 2.61. The lowest BCUT2D eigenvalue weighted by atomic mass is 9.90. The van der Waals surface area contributed by atoms with Crippen LogP contribution in [0.4, 0.5) is 11.8 Å². The van der Waals surface area contributed by atoms with E-state index in [1.54, 1.807) is 4.68 Å². The van der Waals surface area contributed by atoms with Gasteiger partial charge in [0.25, 0.3) is 0 Å². The molecule has 0 amide bonds. The minimum Gasteiger partial charge on any atom is -0.379 e. The topological polar surface area (TPSA) is 109 Å². The molecule has 4 heterocycles. The smallest absolute Gasteiger partial charge is 0.227 e. The van der Waals surface area contributed by atoms with Crippen LogP contribution >= 0.6 is 0 Å². The zero-order valence-corrected chi connectivity index (χ0v) is 20.7. The predicted octanol–water partition coefficient (Wildman–Crippen LogP) is 3.55. The minimum atomic E-state index is 0.393. The number of fused-ring (bicyclic) bond motifs is 1. The van der Waals surface area contributed by atoms with E-state index in [1.807, 2.05) is 19.4 Å². The van der Waals surface area contributed by atoms with Crippen LogP contribution in [-0.4, -0.2) is 79.3 Å². The Balaban J connectivity index is 1.22. The molecular formula is C25H37N9O. The van der Waals surface area contributed by atoms with E-state index >= 15 is 0 Å². The molecule has 3 aliphatic rings. The number of nitrogens with zero attached hydrogens (tertiary/aromatic N) is 6. The van der Waals surface area contributed by atoms with Crippen molar-refractivity contribution in [2.45, 2.75) is 75.9 Å². The normalized spacial score (nSPS) is 24.6. The Hall–Kier alpha value is -2.72. The van der Waals surface area contributed by atoms with E-state index in [0.29, 0.717) is 29.7 Å². The van der Waals surface area contributed by atoms with Crippen molar-refractivity contribution in [3.63, 3.8) is 0 Å². The van der Waals surface area contributed by atoms with Gasteiger partial charge in [0.2, 0.25) is 5.95 Å². The van der Waals surface area contributed by atoms with Crippen LogP contribution in [0, 0.1) is 0 Å². The molecule has 35 heavy (non-hydrogen) atoms. The lowest BCUT2D eigenvalue weighted by Gasteiger charge is -2.38. The molecule has 1 saturated heterocycles. The third-order valence-corrected chi connectivity index (χ3v) is 7.95. The Labute approximate surface area is 206 Å². The number of aromatic nitrogens is 6. The summed E-state index contributed by atoms with van der Waals surface area (Å²) in [6.45, 7) is 3.87. The van der Waals surface area contributed by atoms with Gasteiger partial charge in [-0.2, -0.15) is 20.2 Å². The summed E-state index contributed by atoms with van der Waals surface area (Å²) < 4.78 is 7.34. The van der Waals surface area contributed by atoms with Gasteiger partial charge < -0.3 is 15.4 Å². The van der Waals surface area contributed by atoms with Gasteiger partial charge in [0.05, 0.1) is 30.5 Å². The van der Waals surface area contributed by atoms with Crippen molar-refractivity contribution in [2.75, 3.05) is 36.9 Å². The molecule has 2 saturated carbocycles. The molecule has 0 unspecified atom stereocenters. The van der Waals surface area contributed by atoms with Crippen molar-refractivity contribution in [3.05, 3.63) is 12.4 Å². The van der Waals surface area contributed by atoms with Gasteiger partial charge in [0.15, 0.2) is 5.65 Å². The second-order valence-corrected chi connectivity index (χ2v) is 10.4. The number of morpholine rings is 1. The zero-order chi connectivity index (χ0) is 23.6. The molecule has 10 nitrogen and oxygen atoms in total. The molecule has 1 aliphatic heterocycles. The van der Waals surface area contributed by atoms with Crippen LogP contribution in [0.2, 0.25) is 0 Å². The van der Waals surface area contributed by atoms with E-state index in [0.717, 1.165) is 61.6 Å². The van der Waals surface area contributed by atoms with Crippen LogP contribution in [0.1, 0.15) is 57.8 Å². The molecule has 3 aromatic heterocycles. The van der Waals surface area contributed by atoms with Crippen molar-refractivity contribution < 1.29 is 4.74 Å². The van der Waals surface area contributed by atoms with Crippen LogP contribution in [0.3, 0.4) is 0 Å².